The molecule has 3 nitrogen and oxygen atoms in total. The number of hydrogen-bond acceptors (Lipinski definition) is 3. The molecule has 0 aliphatic carbocycles. The third-order valence-electron chi connectivity index (χ3n) is 2.96. The predicted octanol–water partition coefficient (Wildman–Crippen LogP) is 4.44. The summed E-state index contributed by atoms with van der Waals surface area (Å²) >= 11 is 4.78. The number of H-pyrrole nitrogens is 1. The normalized spacial score (nSPS) is 10.5. The molecule has 0 aliphatic rings. The Kier molecular flexibility index (Phi) is 4.22. The molecule has 1 aromatic heterocycles. The minimum atomic E-state index is -0.0648. The molecule has 0 fully saturated rings. The van der Waals surface area contributed by atoms with Crippen LogP contribution in [0.1, 0.15) is 5.56 Å². The summed E-state index contributed by atoms with van der Waals surface area (Å²) < 4.78 is 9.48. The molecule has 0 atom stereocenters. The first kappa shape index (κ1) is 14.1. The summed E-state index contributed by atoms with van der Waals surface area (Å²) in [5.74, 6) is 0.807. The summed E-state index contributed by atoms with van der Waals surface area (Å²) in [6.45, 7) is 0.524. The van der Waals surface area contributed by atoms with E-state index < -0.39 is 0 Å². The van der Waals surface area contributed by atoms with Crippen molar-refractivity contribution in [3.8, 4) is 16.2 Å². The van der Waals surface area contributed by atoms with Gasteiger partial charge in [0.15, 0.2) is 0 Å². The molecule has 106 valence electrons. The molecule has 0 saturated carbocycles. The average molecular weight is 362 g/mol. The second kappa shape index (κ2) is 6.28. The van der Waals surface area contributed by atoms with Crippen LogP contribution >= 0.6 is 27.5 Å². The lowest BCUT2D eigenvalue weighted by Crippen LogP contribution is -1.95. The van der Waals surface area contributed by atoms with Gasteiger partial charge in [-0.3, -0.25) is 9.17 Å². The topological polar surface area (TPSA) is 42.1 Å². The van der Waals surface area contributed by atoms with Crippen LogP contribution in [0, 0.1) is 0 Å². The first-order chi connectivity index (χ1) is 10.2. The quantitative estimate of drug-likeness (QED) is 0.745. The molecule has 3 aromatic rings. The van der Waals surface area contributed by atoms with Crippen LogP contribution in [0.5, 0.6) is 5.75 Å². The number of rotatable bonds is 4. The molecule has 0 spiro atoms. The highest BCUT2D eigenvalue weighted by Crippen LogP contribution is 2.24. The third kappa shape index (κ3) is 3.62. The number of halogens is 1. The summed E-state index contributed by atoms with van der Waals surface area (Å²) in [5, 5.41) is 0. The van der Waals surface area contributed by atoms with Gasteiger partial charge in [0.25, 0.3) is 5.56 Å². The van der Waals surface area contributed by atoms with Gasteiger partial charge >= 0.3 is 0 Å². The Balaban J connectivity index is 1.68. The smallest absolute Gasteiger partial charge is 0.258 e. The van der Waals surface area contributed by atoms with Gasteiger partial charge in [-0.25, -0.2) is 0 Å². The van der Waals surface area contributed by atoms with Crippen molar-refractivity contribution in [1.82, 2.24) is 4.37 Å². The Bertz CT molecular complexity index is 792. The molecule has 1 heterocycles. The van der Waals surface area contributed by atoms with Gasteiger partial charge in [-0.15, -0.1) is 0 Å². The van der Waals surface area contributed by atoms with Crippen molar-refractivity contribution < 1.29 is 4.74 Å². The Labute approximate surface area is 134 Å². The Morgan fingerprint density at radius 1 is 1.10 bits per heavy atom. The molecule has 2 aromatic carbocycles. The maximum atomic E-state index is 11.1. The van der Waals surface area contributed by atoms with Crippen LogP contribution in [0.25, 0.3) is 10.4 Å². The zero-order valence-corrected chi connectivity index (χ0v) is 13.4. The standard InChI is InChI=1S/C16H12BrNO2S/c17-13-3-1-2-11(8-13)10-20-14-6-4-12(5-7-14)15-9-16(19)18-21-15/h1-9H,10H2,(H,18,19). The van der Waals surface area contributed by atoms with Crippen LogP contribution in [0.4, 0.5) is 0 Å². The SMILES string of the molecule is O=c1cc(-c2ccc(OCc3cccc(Br)c3)cc2)s[nH]1. The molecular formula is C16H12BrNO2S. The Hall–Kier alpha value is -1.85. The molecule has 21 heavy (non-hydrogen) atoms. The van der Waals surface area contributed by atoms with Crippen LogP contribution in [-0.2, 0) is 6.61 Å². The van der Waals surface area contributed by atoms with E-state index >= 15 is 0 Å². The highest BCUT2D eigenvalue weighted by Gasteiger charge is 2.02. The lowest BCUT2D eigenvalue weighted by Gasteiger charge is -2.07. The van der Waals surface area contributed by atoms with E-state index in [-0.39, 0.29) is 5.56 Å². The number of aromatic amines is 1. The molecule has 0 amide bonds. The number of nitrogens with one attached hydrogen (secondary N) is 1. The van der Waals surface area contributed by atoms with Crippen molar-refractivity contribution in [1.29, 1.82) is 0 Å². The maximum Gasteiger partial charge on any atom is 0.258 e. The minimum Gasteiger partial charge on any atom is -0.489 e. The molecule has 5 heteroatoms. The zero-order chi connectivity index (χ0) is 14.7. The fourth-order valence-corrected chi connectivity index (χ4v) is 3.07. The summed E-state index contributed by atoms with van der Waals surface area (Å²) in [4.78, 5) is 12.1. The fraction of sp³-hybridized carbons (Fsp3) is 0.0625. The van der Waals surface area contributed by atoms with E-state index in [1.165, 1.54) is 11.5 Å². The first-order valence-electron chi connectivity index (χ1n) is 6.37. The molecule has 0 unspecified atom stereocenters. The van der Waals surface area contributed by atoms with E-state index in [0.717, 1.165) is 26.2 Å². The first-order valence-corrected chi connectivity index (χ1v) is 7.98. The lowest BCUT2D eigenvalue weighted by atomic mass is 10.2. The summed E-state index contributed by atoms with van der Waals surface area (Å²) in [7, 11) is 0. The maximum absolute atomic E-state index is 11.1. The molecular weight excluding hydrogens is 350 g/mol. The number of aromatic nitrogens is 1. The van der Waals surface area contributed by atoms with Gasteiger partial charge in [0, 0.05) is 10.5 Å². The van der Waals surface area contributed by atoms with E-state index in [1.807, 2.05) is 48.5 Å². The van der Waals surface area contributed by atoms with Crippen molar-refractivity contribution in [2.75, 3.05) is 0 Å². The van der Waals surface area contributed by atoms with E-state index in [2.05, 4.69) is 20.3 Å². The van der Waals surface area contributed by atoms with Crippen LogP contribution in [-0.4, -0.2) is 4.37 Å². The molecule has 3 rings (SSSR count). The molecule has 0 aliphatic heterocycles. The van der Waals surface area contributed by atoms with E-state index in [1.54, 1.807) is 6.07 Å². The molecule has 0 radical (unpaired) electrons. The Morgan fingerprint density at radius 3 is 2.57 bits per heavy atom. The summed E-state index contributed by atoms with van der Waals surface area (Å²) in [6, 6.07) is 17.4. The van der Waals surface area contributed by atoms with Gasteiger partial charge in [0.2, 0.25) is 0 Å². The number of benzene rings is 2. The van der Waals surface area contributed by atoms with Crippen LogP contribution in [0.3, 0.4) is 0 Å². The van der Waals surface area contributed by atoms with Crippen molar-refractivity contribution in [3.63, 3.8) is 0 Å². The molecule has 0 bridgehead atoms. The zero-order valence-electron chi connectivity index (χ0n) is 11.0. The summed E-state index contributed by atoms with van der Waals surface area (Å²) in [6.07, 6.45) is 0. The predicted molar refractivity (Wildman–Crippen MR) is 88.8 cm³/mol. The molecule has 0 saturated heterocycles. The monoisotopic (exact) mass is 361 g/mol. The van der Waals surface area contributed by atoms with E-state index in [0.29, 0.717) is 6.61 Å². The number of hydrogen-bond donors (Lipinski definition) is 1. The van der Waals surface area contributed by atoms with Gasteiger partial charge in [-0.1, -0.05) is 39.6 Å². The minimum absolute atomic E-state index is 0.0648. The van der Waals surface area contributed by atoms with Crippen LogP contribution in [0.2, 0.25) is 0 Å². The average Bonchev–Trinajstić information content (AvgIpc) is 2.92. The van der Waals surface area contributed by atoms with Crippen molar-refractivity contribution >= 4 is 27.5 Å². The summed E-state index contributed by atoms with van der Waals surface area (Å²) in [5.41, 5.74) is 2.05. The van der Waals surface area contributed by atoms with Crippen molar-refractivity contribution in [2.24, 2.45) is 0 Å². The highest BCUT2D eigenvalue weighted by atomic mass is 79.9. The Morgan fingerprint density at radius 2 is 1.90 bits per heavy atom. The van der Waals surface area contributed by atoms with E-state index in [9.17, 15) is 4.79 Å². The molecule has 1 N–H and O–H groups in total. The van der Waals surface area contributed by atoms with Crippen LogP contribution < -0.4 is 10.3 Å². The van der Waals surface area contributed by atoms with Gasteiger partial charge in [0.05, 0.1) is 4.88 Å². The van der Waals surface area contributed by atoms with E-state index in [4.69, 9.17) is 4.74 Å². The third-order valence-corrected chi connectivity index (χ3v) is 4.33. The highest BCUT2D eigenvalue weighted by molar-refractivity contribution is 9.10. The van der Waals surface area contributed by atoms with Crippen molar-refractivity contribution in [3.05, 3.63) is 75.0 Å². The fourth-order valence-electron chi connectivity index (χ4n) is 1.93. The number of ether oxygens (including phenoxy) is 1. The van der Waals surface area contributed by atoms with Gasteiger partial charge < -0.3 is 4.74 Å². The lowest BCUT2D eigenvalue weighted by molar-refractivity contribution is 0.306. The second-order valence-corrected chi connectivity index (χ2v) is 6.28. The van der Waals surface area contributed by atoms with Crippen LogP contribution in [0.15, 0.2) is 63.9 Å². The second-order valence-electron chi connectivity index (χ2n) is 4.52. The van der Waals surface area contributed by atoms with Gasteiger partial charge in [-0.2, -0.15) is 0 Å². The van der Waals surface area contributed by atoms with Gasteiger partial charge in [-0.05, 0) is 47.5 Å². The largest absolute Gasteiger partial charge is 0.489 e. The van der Waals surface area contributed by atoms with Gasteiger partial charge in [0.1, 0.15) is 12.4 Å². The van der Waals surface area contributed by atoms with Crippen molar-refractivity contribution in [2.45, 2.75) is 6.61 Å².